The quantitative estimate of drug-likeness (QED) is 0.578. The number of nitrogens with zero attached hydrogens (tertiary/aromatic N) is 4. The van der Waals surface area contributed by atoms with Gasteiger partial charge < -0.3 is 10.2 Å². The van der Waals surface area contributed by atoms with Crippen LogP contribution < -0.4 is 5.56 Å². The van der Waals surface area contributed by atoms with Gasteiger partial charge in [0.1, 0.15) is 11.9 Å². The summed E-state index contributed by atoms with van der Waals surface area (Å²) in [6.45, 7) is 3.34. The molecular weight excluding hydrogens is 386 g/mol. The second kappa shape index (κ2) is 7.99. The van der Waals surface area contributed by atoms with E-state index < -0.39 is 24.3 Å². The molecule has 3 aromatic rings. The predicted molar refractivity (Wildman–Crippen MR) is 104 cm³/mol. The number of aromatic amines is 1. The number of nitrogens with one attached hydrogen (secondary N) is 1. The molecule has 0 aliphatic carbocycles. The highest BCUT2D eigenvalue weighted by Crippen LogP contribution is 2.26. The minimum absolute atomic E-state index is 0.00847. The highest BCUT2D eigenvalue weighted by molar-refractivity contribution is 6.35. The smallest absolute Gasteiger partial charge is 0.408 e. The number of fused-ring (bicyclic) bond motifs is 1. The van der Waals surface area contributed by atoms with Crippen LogP contribution in [0.4, 0.5) is 4.79 Å². The van der Waals surface area contributed by atoms with Crippen LogP contribution in [0.2, 0.25) is 5.02 Å². The Kier molecular flexibility index (Phi) is 5.66. The first-order valence-corrected chi connectivity index (χ1v) is 9.03. The van der Waals surface area contributed by atoms with Gasteiger partial charge in [-0.2, -0.15) is 5.10 Å². The molecule has 0 aliphatic heterocycles. The predicted octanol–water partition coefficient (Wildman–Crippen LogP) is 2.43. The van der Waals surface area contributed by atoms with Gasteiger partial charge in [-0.25, -0.2) is 9.78 Å². The van der Waals surface area contributed by atoms with Crippen LogP contribution in [0.15, 0.2) is 35.4 Å². The van der Waals surface area contributed by atoms with Gasteiger partial charge in [-0.3, -0.25) is 19.4 Å². The molecule has 10 heteroatoms. The molecule has 148 valence electrons. The number of carbonyl (C=O) groups is 1. The van der Waals surface area contributed by atoms with Crippen molar-refractivity contribution in [2.75, 3.05) is 13.2 Å². The largest absolute Gasteiger partial charge is 0.465 e. The number of aromatic nitrogens is 4. The number of carboxylic acid groups (broad SMARTS) is 1. The summed E-state index contributed by atoms with van der Waals surface area (Å²) in [7, 11) is 0. The summed E-state index contributed by atoms with van der Waals surface area (Å²) in [5, 5.41) is 26.7. The molecule has 2 heterocycles. The van der Waals surface area contributed by atoms with Crippen molar-refractivity contribution in [1.82, 2.24) is 24.6 Å². The molecule has 0 saturated heterocycles. The minimum Gasteiger partial charge on any atom is -0.465 e. The zero-order chi connectivity index (χ0) is 20.4. The molecule has 9 nitrogen and oxygen atoms in total. The van der Waals surface area contributed by atoms with Gasteiger partial charge in [0, 0.05) is 12.7 Å². The van der Waals surface area contributed by atoms with E-state index in [9.17, 15) is 19.8 Å². The molecule has 0 saturated carbocycles. The second-order valence-corrected chi connectivity index (χ2v) is 7.14. The van der Waals surface area contributed by atoms with E-state index in [0.29, 0.717) is 11.2 Å². The number of benzene rings is 1. The third kappa shape index (κ3) is 3.58. The second-order valence-electron chi connectivity index (χ2n) is 6.73. The molecule has 0 spiro atoms. The maximum Gasteiger partial charge on any atom is 0.408 e. The lowest BCUT2D eigenvalue weighted by molar-refractivity contribution is 0.0861. The van der Waals surface area contributed by atoms with Crippen LogP contribution in [-0.4, -0.2) is 54.1 Å². The third-order valence-electron chi connectivity index (χ3n) is 4.27. The van der Waals surface area contributed by atoms with Crippen molar-refractivity contribution in [3.63, 3.8) is 0 Å². The van der Waals surface area contributed by atoms with Gasteiger partial charge >= 0.3 is 6.09 Å². The number of aliphatic hydroxyl groups is 1. The molecule has 3 N–H and O–H groups in total. The Bertz CT molecular complexity index is 1050. The number of hydrogen-bond acceptors (Lipinski definition) is 5. The highest BCUT2D eigenvalue weighted by Gasteiger charge is 2.30. The SMILES string of the molecule is CC(C)CN(C(=O)O)[C@@H](CO)c1nc2cccc(Cl)c2c(=O)n1-c1cn[nH]c1. The minimum atomic E-state index is -1.22. The Morgan fingerprint density at radius 1 is 1.39 bits per heavy atom. The molecule has 1 aromatic carbocycles. The van der Waals surface area contributed by atoms with E-state index in [1.165, 1.54) is 17.0 Å². The standard InChI is InChI=1S/C18H20ClN5O4/c1-10(2)8-23(18(27)28)14(9-25)16-22-13-5-3-4-12(19)15(13)17(26)24(16)11-6-20-21-7-11/h3-7,10,14,25H,8-9H2,1-2H3,(H,20,21)(H,27,28)/t14-/m0/s1. The summed E-state index contributed by atoms with van der Waals surface area (Å²) < 4.78 is 1.23. The number of amides is 1. The van der Waals surface area contributed by atoms with Crippen molar-refractivity contribution in [3.05, 3.63) is 51.8 Å². The van der Waals surface area contributed by atoms with Crippen LogP contribution in [0.5, 0.6) is 0 Å². The fourth-order valence-electron chi connectivity index (χ4n) is 3.10. The van der Waals surface area contributed by atoms with E-state index in [-0.39, 0.29) is 28.7 Å². The zero-order valence-electron chi connectivity index (χ0n) is 15.3. The lowest BCUT2D eigenvalue weighted by Gasteiger charge is -2.30. The molecule has 0 radical (unpaired) electrons. The van der Waals surface area contributed by atoms with Crippen molar-refractivity contribution >= 4 is 28.6 Å². The van der Waals surface area contributed by atoms with Gasteiger partial charge in [-0.1, -0.05) is 31.5 Å². The van der Waals surface area contributed by atoms with Gasteiger partial charge in [0.2, 0.25) is 0 Å². The fraction of sp³-hybridized carbons (Fsp3) is 0.333. The molecule has 3 rings (SSSR count). The Balaban J connectivity index is 2.33. The van der Waals surface area contributed by atoms with Gasteiger partial charge in [0.25, 0.3) is 5.56 Å². The van der Waals surface area contributed by atoms with E-state index in [0.717, 1.165) is 4.90 Å². The fourth-order valence-corrected chi connectivity index (χ4v) is 3.35. The number of halogens is 1. The van der Waals surface area contributed by atoms with Crippen molar-refractivity contribution in [2.45, 2.75) is 19.9 Å². The average molecular weight is 406 g/mol. The van der Waals surface area contributed by atoms with E-state index in [4.69, 9.17) is 11.6 Å². The maximum absolute atomic E-state index is 13.3. The van der Waals surface area contributed by atoms with Crippen LogP contribution in [0, 0.1) is 5.92 Å². The number of H-pyrrole nitrogens is 1. The summed E-state index contributed by atoms with van der Waals surface area (Å²) in [6, 6.07) is 3.80. The lowest BCUT2D eigenvalue weighted by Crippen LogP contribution is -2.41. The Hall–Kier alpha value is -2.91. The summed E-state index contributed by atoms with van der Waals surface area (Å²) in [4.78, 5) is 30.7. The number of aliphatic hydroxyl groups excluding tert-OH is 1. The van der Waals surface area contributed by atoms with Gasteiger partial charge in [-0.15, -0.1) is 0 Å². The first kappa shape index (κ1) is 19.8. The third-order valence-corrected chi connectivity index (χ3v) is 4.58. The topological polar surface area (TPSA) is 124 Å². The molecule has 28 heavy (non-hydrogen) atoms. The van der Waals surface area contributed by atoms with Crippen LogP contribution in [-0.2, 0) is 0 Å². The molecule has 1 atom stereocenters. The van der Waals surface area contributed by atoms with Gasteiger partial charge in [-0.05, 0) is 18.1 Å². The Morgan fingerprint density at radius 3 is 2.71 bits per heavy atom. The Labute approximate surface area is 165 Å². The van der Waals surface area contributed by atoms with Crippen molar-refractivity contribution in [1.29, 1.82) is 0 Å². The van der Waals surface area contributed by atoms with Crippen LogP contribution in [0.3, 0.4) is 0 Å². The van der Waals surface area contributed by atoms with Crippen molar-refractivity contribution in [3.8, 4) is 5.69 Å². The van der Waals surface area contributed by atoms with E-state index >= 15 is 0 Å². The van der Waals surface area contributed by atoms with E-state index in [1.807, 2.05) is 13.8 Å². The summed E-state index contributed by atoms with van der Waals surface area (Å²) >= 11 is 6.21. The Morgan fingerprint density at radius 2 is 2.14 bits per heavy atom. The molecule has 0 unspecified atom stereocenters. The molecule has 0 aliphatic rings. The number of rotatable bonds is 6. The van der Waals surface area contributed by atoms with Crippen LogP contribution >= 0.6 is 11.6 Å². The van der Waals surface area contributed by atoms with E-state index in [1.54, 1.807) is 18.2 Å². The molecular formula is C18H20ClN5O4. The maximum atomic E-state index is 13.3. The normalized spacial score (nSPS) is 12.5. The highest BCUT2D eigenvalue weighted by atomic mass is 35.5. The summed E-state index contributed by atoms with van der Waals surface area (Å²) in [5.74, 6) is 0.0980. The molecule has 2 aromatic heterocycles. The number of hydrogen-bond donors (Lipinski definition) is 3. The summed E-state index contributed by atoms with van der Waals surface area (Å²) in [6.07, 6.45) is 1.68. The van der Waals surface area contributed by atoms with Gasteiger partial charge in [0.15, 0.2) is 0 Å². The van der Waals surface area contributed by atoms with E-state index in [2.05, 4.69) is 15.2 Å². The average Bonchev–Trinajstić information content (AvgIpc) is 3.15. The van der Waals surface area contributed by atoms with Crippen LogP contribution in [0.1, 0.15) is 25.7 Å². The summed E-state index contributed by atoms with van der Waals surface area (Å²) in [5.41, 5.74) is 0.212. The van der Waals surface area contributed by atoms with Gasteiger partial charge in [0.05, 0.1) is 34.4 Å². The van der Waals surface area contributed by atoms with Crippen LogP contribution in [0.25, 0.3) is 16.6 Å². The first-order chi connectivity index (χ1) is 13.3. The zero-order valence-corrected chi connectivity index (χ0v) is 16.1. The first-order valence-electron chi connectivity index (χ1n) is 8.65. The van der Waals surface area contributed by atoms with Crippen molar-refractivity contribution in [2.24, 2.45) is 5.92 Å². The molecule has 1 amide bonds. The monoisotopic (exact) mass is 405 g/mol. The molecule has 0 fully saturated rings. The lowest BCUT2D eigenvalue weighted by atomic mass is 10.1. The molecule has 0 bridgehead atoms. The van der Waals surface area contributed by atoms with Crippen molar-refractivity contribution < 1.29 is 15.0 Å².